The van der Waals surface area contributed by atoms with Crippen LogP contribution in [-0.4, -0.2) is 34.2 Å². The molecule has 6 nitrogen and oxygen atoms in total. The van der Waals surface area contributed by atoms with Gasteiger partial charge in [-0.15, -0.1) is 0 Å². The van der Waals surface area contributed by atoms with Gasteiger partial charge in [-0.3, -0.25) is 19.3 Å². The molecular formula is C20H23N3O3S. The van der Waals surface area contributed by atoms with Crippen LogP contribution >= 0.6 is 11.3 Å². The van der Waals surface area contributed by atoms with Crippen molar-refractivity contribution in [3.05, 3.63) is 23.8 Å². The average molecular weight is 385 g/mol. The van der Waals surface area contributed by atoms with Crippen LogP contribution in [0.5, 0.6) is 0 Å². The number of rotatable bonds is 5. The molecule has 2 aromatic rings. The summed E-state index contributed by atoms with van der Waals surface area (Å²) in [4.78, 5) is 43.0. The van der Waals surface area contributed by atoms with Gasteiger partial charge in [0.2, 0.25) is 17.7 Å². The third kappa shape index (κ3) is 3.48. The van der Waals surface area contributed by atoms with Gasteiger partial charge in [-0.05, 0) is 37.0 Å². The molecule has 0 spiro atoms. The number of nitrogens with one attached hydrogen (secondary N) is 1. The van der Waals surface area contributed by atoms with Crippen molar-refractivity contribution in [3.8, 4) is 0 Å². The van der Waals surface area contributed by atoms with Gasteiger partial charge in [0.1, 0.15) is 0 Å². The zero-order chi connectivity index (χ0) is 19.0. The number of aromatic nitrogens is 1. The number of thiazole rings is 1. The van der Waals surface area contributed by atoms with Crippen molar-refractivity contribution in [2.45, 2.75) is 45.4 Å². The Bertz CT molecular complexity index is 883. The van der Waals surface area contributed by atoms with Crippen molar-refractivity contribution in [2.24, 2.45) is 11.8 Å². The monoisotopic (exact) mass is 385 g/mol. The van der Waals surface area contributed by atoms with Crippen molar-refractivity contribution in [2.75, 3.05) is 11.9 Å². The van der Waals surface area contributed by atoms with Crippen molar-refractivity contribution in [1.29, 1.82) is 0 Å². The first-order valence-corrected chi connectivity index (χ1v) is 10.4. The molecule has 1 N–H and O–H groups in total. The Balaban J connectivity index is 1.37. The lowest BCUT2D eigenvalue weighted by molar-refractivity contribution is -0.140. The highest BCUT2D eigenvalue weighted by molar-refractivity contribution is 7.22. The molecule has 0 radical (unpaired) electrons. The lowest BCUT2D eigenvalue weighted by atomic mass is 9.81. The summed E-state index contributed by atoms with van der Waals surface area (Å²) in [5, 5.41) is 3.36. The number of fused-ring (bicyclic) bond motifs is 2. The number of imide groups is 1. The van der Waals surface area contributed by atoms with Crippen molar-refractivity contribution in [3.63, 3.8) is 0 Å². The molecule has 1 aromatic carbocycles. The summed E-state index contributed by atoms with van der Waals surface area (Å²) in [7, 11) is 0. The molecular weight excluding hydrogens is 362 g/mol. The summed E-state index contributed by atoms with van der Waals surface area (Å²) in [6, 6.07) is 6.09. The van der Waals surface area contributed by atoms with Gasteiger partial charge in [-0.25, -0.2) is 4.98 Å². The fraction of sp³-hybridized carbons (Fsp3) is 0.500. The fourth-order valence-corrected chi connectivity index (χ4v) is 5.03. The number of carbonyl (C=O) groups excluding carboxylic acids is 3. The van der Waals surface area contributed by atoms with Crippen LogP contribution in [0.2, 0.25) is 0 Å². The number of hydrogen-bond donors (Lipinski definition) is 1. The Morgan fingerprint density at radius 2 is 1.93 bits per heavy atom. The highest BCUT2D eigenvalue weighted by Crippen LogP contribution is 2.38. The smallest absolute Gasteiger partial charge is 0.233 e. The van der Waals surface area contributed by atoms with E-state index in [1.54, 1.807) is 0 Å². The second-order valence-corrected chi connectivity index (χ2v) is 8.33. The third-order valence-electron chi connectivity index (χ3n) is 5.60. The Morgan fingerprint density at radius 3 is 2.59 bits per heavy atom. The summed E-state index contributed by atoms with van der Waals surface area (Å²) in [6.07, 6.45) is 4.66. The summed E-state index contributed by atoms with van der Waals surface area (Å²) >= 11 is 1.44. The minimum atomic E-state index is -0.222. The Labute approximate surface area is 161 Å². The first kappa shape index (κ1) is 18.1. The van der Waals surface area contributed by atoms with Crippen molar-refractivity contribution < 1.29 is 14.4 Å². The highest BCUT2D eigenvalue weighted by atomic mass is 32.1. The lowest BCUT2D eigenvalue weighted by Crippen LogP contribution is -2.34. The number of carbonyl (C=O) groups is 3. The number of benzene rings is 1. The molecule has 1 aliphatic heterocycles. The van der Waals surface area contributed by atoms with Gasteiger partial charge < -0.3 is 5.32 Å². The van der Waals surface area contributed by atoms with Crippen LogP contribution < -0.4 is 5.32 Å². The van der Waals surface area contributed by atoms with Gasteiger partial charge in [0, 0.05) is 13.0 Å². The van der Waals surface area contributed by atoms with Crippen molar-refractivity contribution >= 4 is 44.4 Å². The summed E-state index contributed by atoms with van der Waals surface area (Å²) < 4.78 is 1.04. The molecule has 7 heteroatoms. The minimum absolute atomic E-state index is 0.0930. The van der Waals surface area contributed by atoms with E-state index < -0.39 is 0 Å². The van der Waals surface area contributed by atoms with E-state index in [2.05, 4.69) is 23.3 Å². The van der Waals surface area contributed by atoms with Crippen LogP contribution in [0.15, 0.2) is 18.2 Å². The van der Waals surface area contributed by atoms with Crippen LogP contribution in [-0.2, 0) is 20.8 Å². The Hall–Kier alpha value is -2.28. The Morgan fingerprint density at radius 1 is 1.22 bits per heavy atom. The molecule has 2 atom stereocenters. The van der Waals surface area contributed by atoms with E-state index >= 15 is 0 Å². The molecule has 3 amide bonds. The molecule has 1 aromatic heterocycles. The minimum Gasteiger partial charge on any atom is -0.302 e. The normalized spacial score (nSPS) is 22.3. The summed E-state index contributed by atoms with van der Waals surface area (Å²) in [5.74, 6) is -0.730. The molecule has 4 rings (SSSR count). The van der Waals surface area contributed by atoms with Crippen LogP contribution in [0.3, 0.4) is 0 Å². The van der Waals surface area contributed by atoms with Crippen LogP contribution in [0.1, 0.15) is 44.6 Å². The maximum absolute atomic E-state index is 12.5. The molecule has 142 valence electrons. The van der Waals surface area contributed by atoms with Gasteiger partial charge in [0.25, 0.3) is 0 Å². The highest BCUT2D eigenvalue weighted by Gasteiger charge is 2.47. The second-order valence-electron chi connectivity index (χ2n) is 7.30. The van der Waals surface area contributed by atoms with E-state index in [-0.39, 0.29) is 42.5 Å². The van der Waals surface area contributed by atoms with Crippen LogP contribution in [0.4, 0.5) is 5.13 Å². The third-order valence-corrected chi connectivity index (χ3v) is 6.54. The quantitative estimate of drug-likeness (QED) is 0.801. The fourth-order valence-electron chi connectivity index (χ4n) is 4.09. The number of likely N-dealkylation sites (tertiary alicyclic amines) is 1. The first-order valence-electron chi connectivity index (χ1n) is 9.61. The summed E-state index contributed by atoms with van der Waals surface area (Å²) in [5.41, 5.74) is 2.10. The zero-order valence-corrected chi connectivity index (χ0v) is 16.2. The molecule has 0 bridgehead atoms. The number of anilines is 1. The van der Waals surface area contributed by atoms with E-state index in [0.29, 0.717) is 5.13 Å². The molecule has 2 aliphatic rings. The summed E-state index contributed by atoms with van der Waals surface area (Å²) in [6.45, 7) is 2.25. The number of nitrogens with zero attached hydrogens (tertiary/aromatic N) is 2. The van der Waals surface area contributed by atoms with Gasteiger partial charge >= 0.3 is 0 Å². The van der Waals surface area contributed by atoms with E-state index in [1.165, 1.54) is 21.8 Å². The first-order chi connectivity index (χ1) is 13.1. The van der Waals surface area contributed by atoms with Crippen molar-refractivity contribution in [1.82, 2.24) is 9.88 Å². The molecule has 0 unspecified atom stereocenters. The predicted octanol–water partition coefficient (Wildman–Crippen LogP) is 3.36. The maximum Gasteiger partial charge on any atom is 0.233 e. The SMILES string of the molecule is CCc1ccc2nc(NC(=O)CCN3C(=O)[C@H]4CCCC[C@H]4C3=O)sc2c1. The predicted molar refractivity (Wildman–Crippen MR) is 104 cm³/mol. The number of aryl methyl sites for hydroxylation is 1. The average Bonchev–Trinajstić information content (AvgIpc) is 3.18. The lowest BCUT2D eigenvalue weighted by Gasteiger charge is -2.19. The molecule has 2 fully saturated rings. The van der Waals surface area contributed by atoms with Crippen LogP contribution in [0, 0.1) is 11.8 Å². The van der Waals surface area contributed by atoms with E-state index in [4.69, 9.17) is 0 Å². The van der Waals surface area contributed by atoms with Gasteiger partial charge in [-0.1, -0.05) is 37.2 Å². The second kappa shape index (κ2) is 7.38. The topological polar surface area (TPSA) is 79.4 Å². The van der Waals surface area contributed by atoms with Gasteiger partial charge in [0.15, 0.2) is 5.13 Å². The van der Waals surface area contributed by atoms with E-state index in [9.17, 15) is 14.4 Å². The largest absolute Gasteiger partial charge is 0.302 e. The standard InChI is InChI=1S/C20H23N3O3S/c1-2-12-7-8-15-16(11-12)27-20(21-15)22-17(24)9-10-23-18(25)13-5-3-4-6-14(13)19(23)26/h7-8,11,13-14H,2-6,9-10H2,1H3,(H,21,22,24)/t13-,14+. The number of hydrogen-bond acceptors (Lipinski definition) is 5. The van der Waals surface area contributed by atoms with Crippen LogP contribution in [0.25, 0.3) is 10.2 Å². The maximum atomic E-state index is 12.5. The molecule has 27 heavy (non-hydrogen) atoms. The molecule has 1 saturated carbocycles. The van der Waals surface area contributed by atoms with Gasteiger partial charge in [0.05, 0.1) is 22.1 Å². The molecule has 1 aliphatic carbocycles. The zero-order valence-electron chi connectivity index (χ0n) is 15.4. The van der Waals surface area contributed by atoms with E-state index in [0.717, 1.165) is 42.3 Å². The Kier molecular flexibility index (Phi) is 4.95. The number of amides is 3. The molecule has 2 heterocycles. The van der Waals surface area contributed by atoms with E-state index in [1.807, 2.05) is 12.1 Å². The van der Waals surface area contributed by atoms with Gasteiger partial charge in [-0.2, -0.15) is 0 Å². The molecule has 1 saturated heterocycles.